The lowest BCUT2D eigenvalue weighted by Crippen LogP contribution is -2.24. The van der Waals surface area contributed by atoms with Crippen LogP contribution in [0.2, 0.25) is 5.02 Å². The van der Waals surface area contributed by atoms with Crippen molar-refractivity contribution in [3.8, 4) is 0 Å². The molecule has 8 heteroatoms. The van der Waals surface area contributed by atoms with E-state index in [9.17, 15) is 22.8 Å². The zero-order valence-electron chi connectivity index (χ0n) is 15.3. The molecule has 0 spiro atoms. The van der Waals surface area contributed by atoms with E-state index in [0.717, 1.165) is 18.6 Å². The molecule has 1 aliphatic carbocycles. The van der Waals surface area contributed by atoms with Crippen molar-refractivity contribution in [1.82, 2.24) is 0 Å². The fraction of sp³-hybridized carbons (Fsp3) is 0.333. The van der Waals surface area contributed by atoms with Gasteiger partial charge in [-0.3, -0.25) is 9.59 Å². The number of rotatable bonds is 4. The van der Waals surface area contributed by atoms with Crippen LogP contribution in [0.5, 0.6) is 0 Å². The molecule has 1 saturated heterocycles. The van der Waals surface area contributed by atoms with E-state index in [1.165, 1.54) is 12.1 Å². The van der Waals surface area contributed by atoms with Crippen molar-refractivity contribution in [3.63, 3.8) is 0 Å². The first kappa shape index (κ1) is 19.8. The molecule has 1 aliphatic heterocycles. The number of alkyl halides is 3. The summed E-state index contributed by atoms with van der Waals surface area (Å²) in [5.74, 6) is -0.630. The number of hydrogen-bond acceptors (Lipinski definition) is 2. The molecule has 4 rings (SSSR count). The van der Waals surface area contributed by atoms with Gasteiger partial charge in [0.25, 0.3) is 0 Å². The van der Waals surface area contributed by atoms with E-state index in [1.807, 2.05) is 0 Å². The van der Waals surface area contributed by atoms with Crippen molar-refractivity contribution in [2.45, 2.75) is 31.4 Å². The SMILES string of the molecule is O=C(Nc1cc(N2CCCC2=O)ccc1Cl)C1CC1c1ccc(C(F)(F)F)cc1. The minimum absolute atomic E-state index is 0.0363. The van der Waals surface area contributed by atoms with Crippen molar-refractivity contribution in [3.05, 3.63) is 58.6 Å². The summed E-state index contributed by atoms with van der Waals surface area (Å²) in [7, 11) is 0. The van der Waals surface area contributed by atoms with E-state index in [1.54, 1.807) is 23.1 Å². The van der Waals surface area contributed by atoms with Gasteiger partial charge in [0.05, 0.1) is 16.3 Å². The number of carbonyl (C=O) groups excluding carboxylic acids is 2. The van der Waals surface area contributed by atoms with Gasteiger partial charge in [0.15, 0.2) is 0 Å². The van der Waals surface area contributed by atoms with Crippen LogP contribution in [0, 0.1) is 5.92 Å². The molecule has 2 amide bonds. The third kappa shape index (κ3) is 4.10. The second-order valence-corrected chi connectivity index (χ2v) is 7.78. The number of carbonyl (C=O) groups is 2. The van der Waals surface area contributed by atoms with Gasteiger partial charge in [0.1, 0.15) is 0 Å². The topological polar surface area (TPSA) is 49.4 Å². The zero-order chi connectivity index (χ0) is 20.8. The Balaban J connectivity index is 1.43. The van der Waals surface area contributed by atoms with Gasteiger partial charge in [-0.25, -0.2) is 0 Å². The standard InChI is InChI=1S/C21H18ClF3N2O2/c22-17-8-7-14(27-9-1-2-19(27)28)10-18(17)26-20(29)16-11-15(16)12-3-5-13(6-4-12)21(23,24)25/h3-8,10,15-16H,1-2,9,11H2,(H,26,29). The Hall–Kier alpha value is -2.54. The Kier molecular flexibility index (Phi) is 5.02. The largest absolute Gasteiger partial charge is 0.416 e. The Bertz CT molecular complexity index is 959. The predicted octanol–water partition coefficient (Wildman–Crippen LogP) is 5.23. The molecule has 1 saturated carbocycles. The second-order valence-electron chi connectivity index (χ2n) is 7.37. The molecule has 0 aromatic heterocycles. The highest BCUT2D eigenvalue weighted by Gasteiger charge is 2.44. The molecule has 2 aliphatic rings. The van der Waals surface area contributed by atoms with Crippen molar-refractivity contribution < 1.29 is 22.8 Å². The monoisotopic (exact) mass is 422 g/mol. The second kappa shape index (κ2) is 7.37. The minimum atomic E-state index is -4.38. The Morgan fingerprint density at radius 3 is 2.48 bits per heavy atom. The number of nitrogens with zero attached hydrogens (tertiary/aromatic N) is 1. The normalized spacial score (nSPS) is 21.4. The highest BCUT2D eigenvalue weighted by Crippen LogP contribution is 2.48. The molecular formula is C21H18ClF3N2O2. The third-order valence-electron chi connectivity index (χ3n) is 5.39. The summed E-state index contributed by atoms with van der Waals surface area (Å²) < 4.78 is 38.1. The number of hydrogen-bond donors (Lipinski definition) is 1. The molecule has 1 N–H and O–H groups in total. The van der Waals surface area contributed by atoms with Crippen LogP contribution in [0.3, 0.4) is 0 Å². The van der Waals surface area contributed by atoms with Gasteiger partial charge in [-0.05, 0) is 54.7 Å². The summed E-state index contributed by atoms with van der Waals surface area (Å²) in [5, 5.41) is 3.16. The highest BCUT2D eigenvalue weighted by atomic mass is 35.5. The molecule has 2 atom stereocenters. The summed E-state index contributed by atoms with van der Waals surface area (Å²) in [6.07, 6.45) is -2.52. The Labute approximate surface area is 170 Å². The number of anilines is 2. The summed E-state index contributed by atoms with van der Waals surface area (Å²) in [6.45, 7) is 0.631. The Morgan fingerprint density at radius 1 is 1.14 bits per heavy atom. The quantitative estimate of drug-likeness (QED) is 0.733. The Morgan fingerprint density at radius 2 is 1.86 bits per heavy atom. The van der Waals surface area contributed by atoms with Crippen LogP contribution in [0.15, 0.2) is 42.5 Å². The maximum atomic E-state index is 12.7. The first-order valence-corrected chi connectivity index (χ1v) is 9.70. The van der Waals surface area contributed by atoms with Gasteiger partial charge in [-0.2, -0.15) is 13.2 Å². The molecule has 2 aromatic rings. The van der Waals surface area contributed by atoms with Gasteiger partial charge >= 0.3 is 6.18 Å². The minimum Gasteiger partial charge on any atom is -0.324 e. The van der Waals surface area contributed by atoms with E-state index in [0.29, 0.717) is 41.3 Å². The van der Waals surface area contributed by atoms with Crippen LogP contribution in [0.4, 0.5) is 24.5 Å². The fourth-order valence-electron chi connectivity index (χ4n) is 3.70. The maximum Gasteiger partial charge on any atom is 0.416 e. The lowest BCUT2D eigenvalue weighted by Gasteiger charge is -2.17. The van der Waals surface area contributed by atoms with Gasteiger partial charge in [0, 0.05) is 24.6 Å². The number of benzene rings is 2. The van der Waals surface area contributed by atoms with Crippen molar-refractivity contribution in [1.29, 1.82) is 0 Å². The summed E-state index contributed by atoms with van der Waals surface area (Å²) in [4.78, 5) is 26.2. The first-order chi connectivity index (χ1) is 13.7. The van der Waals surface area contributed by atoms with E-state index >= 15 is 0 Å². The summed E-state index contributed by atoms with van der Waals surface area (Å²) >= 11 is 6.20. The van der Waals surface area contributed by atoms with E-state index in [2.05, 4.69) is 5.32 Å². The van der Waals surface area contributed by atoms with E-state index in [4.69, 9.17) is 11.6 Å². The molecule has 2 unspecified atom stereocenters. The number of halogens is 4. The first-order valence-electron chi connectivity index (χ1n) is 9.32. The molecule has 152 valence electrons. The van der Waals surface area contributed by atoms with E-state index in [-0.39, 0.29) is 23.7 Å². The molecule has 2 aromatic carbocycles. The highest BCUT2D eigenvalue weighted by molar-refractivity contribution is 6.34. The van der Waals surface area contributed by atoms with Gasteiger partial charge < -0.3 is 10.2 Å². The zero-order valence-corrected chi connectivity index (χ0v) is 16.1. The molecule has 2 fully saturated rings. The number of amides is 2. The smallest absolute Gasteiger partial charge is 0.324 e. The van der Waals surface area contributed by atoms with Gasteiger partial charge in [0.2, 0.25) is 11.8 Å². The lowest BCUT2D eigenvalue weighted by molar-refractivity contribution is -0.137. The van der Waals surface area contributed by atoms with Gasteiger partial charge in [-0.15, -0.1) is 0 Å². The lowest BCUT2D eigenvalue weighted by atomic mass is 10.1. The molecular weight excluding hydrogens is 405 g/mol. The number of nitrogens with one attached hydrogen (secondary N) is 1. The summed E-state index contributed by atoms with van der Waals surface area (Å²) in [6, 6.07) is 9.98. The van der Waals surface area contributed by atoms with Crippen molar-refractivity contribution in [2.24, 2.45) is 5.92 Å². The predicted molar refractivity (Wildman–Crippen MR) is 104 cm³/mol. The van der Waals surface area contributed by atoms with Crippen LogP contribution in [-0.4, -0.2) is 18.4 Å². The van der Waals surface area contributed by atoms with Crippen LogP contribution >= 0.6 is 11.6 Å². The van der Waals surface area contributed by atoms with Crippen LogP contribution < -0.4 is 10.2 Å². The average Bonchev–Trinajstić information content (AvgIpc) is 3.37. The van der Waals surface area contributed by atoms with Crippen LogP contribution in [-0.2, 0) is 15.8 Å². The summed E-state index contributed by atoms with van der Waals surface area (Å²) in [5.41, 5.74) is 1.11. The third-order valence-corrected chi connectivity index (χ3v) is 5.72. The van der Waals surface area contributed by atoms with Crippen molar-refractivity contribution >= 4 is 34.8 Å². The van der Waals surface area contributed by atoms with E-state index < -0.39 is 11.7 Å². The van der Waals surface area contributed by atoms with Gasteiger partial charge in [-0.1, -0.05) is 23.7 Å². The molecule has 29 heavy (non-hydrogen) atoms. The fourth-order valence-corrected chi connectivity index (χ4v) is 3.86. The maximum absolute atomic E-state index is 12.7. The average molecular weight is 423 g/mol. The molecule has 4 nitrogen and oxygen atoms in total. The van der Waals surface area contributed by atoms with Crippen LogP contribution in [0.25, 0.3) is 0 Å². The molecule has 0 bridgehead atoms. The van der Waals surface area contributed by atoms with Crippen LogP contribution in [0.1, 0.15) is 36.3 Å². The van der Waals surface area contributed by atoms with Crippen molar-refractivity contribution in [2.75, 3.05) is 16.8 Å². The molecule has 0 radical (unpaired) electrons. The molecule has 1 heterocycles.